The first-order valence-corrected chi connectivity index (χ1v) is 5.94. The molecular weight excluding hydrogens is 246 g/mol. The molecule has 0 aromatic carbocycles. The molecule has 0 saturated carbocycles. The predicted octanol–water partition coefficient (Wildman–Crippen LogP) is 2.35. The Morgan fingerprint density at radius 1 is 1.56 bits per heavy atom. The first-order chi connectivity index (χ1) is 7.70. The van der Waals surface area contributed by atoms with Crippen molar-refractivity contribution in [2.24, 2.45) is 0 Å². The van der Waals surface area contributed by atoms with Gasteiger partial charge in [0.15, 0.2) is 0 Å². The number of ether oxygens (including phenoxy) is 1. The molecule has 0 unspecified atom stereocenters. The number of aromatic amines is 1. The van der Waals surface area contributed by atoms with Crippen LogP contribution >= 0.6 is 23.6 Å². The van der Waals surface area contributed by atoms with E-state index in [9.17, 15) is 0 Å². The van der Waals surface area contributed by atoms with Crippen LogP contribution < -0.4 is 0 Å². The second kappa shape index (κ2) is 4.86. The molecule has 0 fully saturated rings. The fraction of sp³-hybridized carbons (Fsp3) is 0.444. The van der Waals surface area contributed by atoms with E-state index in [-0.39, 0.29) is 4.84 Å². The largest absolute Gasteiger partial charge is 0.408 e. The predicted molar refractivity (Wildman–Crippen MR) is 63.1 cm³/mol. The molecule has 2 rings (SSSR count). The number of thiazole rings is 1. The monoisotopic (exact) mass is 257 g/mol. The Bertz CT molecular complexity index is 529. The lowest BCUT2D eigenvalue weighted by molar-refractivity contribution is 0.202. The number of H-pyrrole nitrogens is 1. The Hall–Kier alpha value is -1.05. The quantitative estimate of drug-likeness (QED) is 0.852. The maximum atomic E-state index is 5.26. The second-order valence-corrected chi connectivity index (χ2v) is 4.64. The molecule has 0 aliphatic carbocycles. The van der Waals surface area contributed by atoms with E-state index in [1.165, 1.54) is 0 Å². The zero-order chi connectivity index (χ0) is 11.5. The van der Waals surface area contributed by atoms with Crippen LogP contribution in [-0.2, 0) is 11.2 Å². The van der Waals surface area contributed by atoms with E-state index in [0.29, 0.717) is 12.5 Å². The lowest BCUT2D eigenvalue weighted by atomic mass is 10.4. The minimum atomic E-state index is 0.279. The first-order valence-electron chi connectivity index (χ1n) is 4.72. The van der Waals surface area contributed by atoms with Crippen molar-refractivity contribution in [1.29, 1.82) is 0 Å². The molecule has 0 saturated heterocycles. The van der Waals surface area contributed by atoms with Gasteiger partial charge in [-0.25, -0.2) is 10.1 Å². The third-order valence-electron chi connectivity index (χ3n) is 1.99. The van der Waals surface area contributed by atoms with Crippen LogP contribution in [-0.4, -0.2) is 28.9 Å². The normalized spacial score (nSPS) is 10.9. The average Bonchev–Trinajstić information content (AvgIpc) is 2.82. The first kappa shape index (κ1) is 11.4. The molecule has 7 heteroatoms. The molecule has 16 heavy (non-hydrogen) atoms. The number of nitrogens with one attached hydrogen (secondary N) is 1. The summed E-state index contributed by atoms with van der Waals surface area (Å²) in [6, 6.07) is 0. The Kier molecular flexibility index (Phi) is 3.47. The van der Waals surface area contributed by atoms with E-state index in [1.807, 2.05) is 6.92 Å². The highest BCUT2D eigenvalue weighted by Crippen LogP contribution is 2.28. The van der Waals surface area contributed by atoms with Gasteiger partial charge in [-0.05, 0) is 19.1 Å². The van der Waals surface area contributed by atoms with Crippen molar-refractivity contribution in [1.82, 2.24) is 15.2 Å². The summed E-state index contributed by atoms with van der Waals surface area (Å²) in [6.07, 6.45) is 0.799. The van der Waals surface area contributed by atoms with Gasteiger partial charge < -0.3 is 9.15 Å². The molecule has 2 aromatic heterocycles. The highest BCUT2D eigenvalue weighted by atomic mass is 32.1. The molecule has 5 nitrogen and oxygen atoms in total. The Morgan fingerprint density at radius 3 is 3.00 bits per heavy atom. The van der Waals surface area contributed by atoms with E-state index in [4.69, 9.17) is 21.4 Å². The van der Waals surface area contributed by atoms with Gasteiger partial charge in [0.05, 0.1) is 17.3 Å². The van der Waals surface area contributed by atoms with Crippen LogP contribution in [0.25, 0.3) is 10.8 Å². The molecular formula is C9H11N3O2S2. The number of hydrogen-bond acceptors (Lipinski definition) is 6. The minimum Gasteiger partial charge on any atom is -0.408 e. The van der Waals surface area contributed by atoms with E-state index in [0.717, 1.165) is 22.0 Å². The zero-order valence-electron chi connectivity index (χ0n) is 8.94. The smallest absolute Gasteiger partial charge is 0.284 e. The Morgan fingerprint density at radius 2 is 2.38 bits per heavy atom. The number of aryl methyl sites for hydroxylation is 1. The summed E-state index contributed by atoms with van der Waals surface area (Å²) < 4.78 is 10.3. The van der Waals surface area contributed by atoms with Crippen molar-refractivity contribution in [3.8, 4) is 10.8 Å². The van der Waals surface area contributed by atoms with Crippen molar-refractivity contribution in [2.45, 2.75) is 13.3 Å². The zero-order valence-corrected chi connectivity index (χ0v) is 10.6. The molecule has 0 radical (unpaired) electrons. The Labute approximate surface area is 101 Å². The highest BCUT2D eigenvalue weighted by molar-refractivity contribution is 7.71. The van der Waals surface area contributed by atoms with Crippen LogP contribution in [0.2, 0.25) is 0 Å². The number of methoxy groups -OCH3 is 1. The van der Waals surface area contributed by atoms with Crippen LogP contribution in [0.15, 0.2) is 4.42 Å². The topological polar surface area (TPSA) is 63.9 Å². The molecule has 0 amide bonds. The maximum absolute atomic E-state index is 5.26. The van der Waals surface area contributed by atoms with E-state index >= 15 is 0 Å². The minimum absolute atomic E-state index is 0.279. The fourth-order valence-electron chi connectivity index (χ4n) is 1.27. The third kappa shape index (κ3) is 2.37. The summed E-state index contributed by atoms with van der Waals surface area (Å²) in [5, 5.41) is 7.60. The molecule has 86 valence electrons. The van der Waals surface area contributed by atoms with Gasteiger partial charge in [0.25, 0.3) is 10.7 Å². The number of aromatic nitrogens is 3. The van der Waals surface area contributed by atoms with E-state index in [1.54, 1.807) is 18.4 Å². The summed E-state index contributed by atoms with van der Waals surface area (Å²) >= 11 is 6.38. The van der Waals surface area contributed by atoms with Crippen molar-refractivity contribution >= 4 is 23.6 Å². The summed E-state index contributed by atoms with van der Waals surface area (Å²) in [4.78, 5) is 5.62. The van der Waals surface area contributed by atoms with Crippen LogP contribution in [0.4, 0.5) is 0 Å². The van der Waals surface area contributed by atoms with Crippen molar-refractivity contribution in [3.63, 3.8) is 0 Å². The van der Waals surface area contributed by atoms with E-state index in [2.05, 4.69) is 15.2 Å². The summed E-state index contributed by atoms with van der Waals surface area (Å²) in [5.74, 6) is 0.503. The third-order valence-corrected chi connectivity index (χ3v) is 3.37. The van der Waals surface area contributed by atoms with Gasteiger partial charge in [0, 0.05) is 13.5 Å². The number of hydrogen-bond donors (Lipinski definition) is 1. The van der Waals surface area contributed by atoms with Gasteiger partial charge in [-0.1, -0.05) is 0 Å². The average molecular weight is 257 g/mol. The van der Waals surface area contributed by atoms with Gasteiger partial charge in [0.1, 0.15) is 4.88 Å². The van der Waals surface area contributed by atoms with Crippen molar-refractivity contribution < 1.29 is 9.15 Å². The van der Waals surface area contributed by atoms with Gasteiger partial charge in [-0.3, -0.25) is 0 Å². The van der Waals surface area contributed by atoms with E-state index < -0.39 is 0 Å². The van der Waals surface area contributed by atoms with Gasteiger partial charge >= 0.3 is 0 Å². The Balaban J connectivity index is 2.28. The van der Waals surface area contributed by atoms with Crippen molar-refractivity contribution in [2.75, 3.05) is 13.7 Å². The van der Waals surface area contributed by atoms with Gasteiger partial charge in [-0.15, -0.1) is 16.4 Å². The molecule has 0 aliphatic rings. The summed E-state index contributed by atoms with van der Waals surface area (Å²) in [6.45, 7) is 2.59. The van der Waals surface area contributed by atoms with Crippen LogP contribution in [0.1, 0.15) is 10.7 Å². The summed E-state index contributed by atoms with van der Waals surface area (Å²) in [7, 11) is 1.67. The SMILES string of the molecule is COCCc1nc(C)c(-c2n[nH]c(=S)o2)s1. The van der Waals surface area contributed by atoms with Gasteiger partial charge in [-0.2, -0.15) is 0 Å². The molecule has 0 atom stereocenters. The van der Waals surface area contributed by atoms with Crippen LogP contribution in [0.5, 0.6) is 0 Å². The van der Waals surface area contributed by atoms with Crippen molar-refractivity contribution in [3.05, 3.63) is 15.5 Å². The van der Waals surface area contributed by atoms with Gasteiger partial charge in [0.2, 0.25) is 0 Å². The molecule has 1 N–H and O–H groups in total. The molecule has 0 aliphatic heterocycles. The lowest BCUT2D eigenvalue weighted by Gasteiger charge is -1.92. The molecule has 2 aromatic rings. The maximum Gasteiger partial charge on any atom is 0.284 e. The number of rotatable bonds is 4. The lowest BCUT2D eigenvalue weighted by Crippen LogP contribution is -1.93. The highest BCUT2D eigenvalue weighted by Gasteiger charge is 2.13. The molecule has 0 bridgehead atoms. The van der Waals surface area contributed by atoms with Crippen LogP contribution in [0, 0.1) is 11.8 Å². The second-order valence-electron chi connectivity index (χ2n) is 3.18. The standard InChI is InChI=1S/C9H11N3O2S2/c1-5-7(8-11-12-9(15)14-8)16-6(10-5)3-4-13-2/h3-4H2,1-2H3,(H,12,15). The fourth-order valence-corrected chi connectivity index (χ4v) is 2.37. The van der Waals surface area contributed by atoms with Crippen LogP contribution in [0.3, 0.4) is 0 Å². The summed E-state index contributed by atoms with van der Waals surface area (Å²) in [5.41, 5.74) is 0.904. The molecule has 0 spiro atoms. The molecule has 2 heterocycles. The number of nitrogens with zero attached hydrogens (tertiary/aromatic N) is 2.